The van der Waals surface area contributed by atoms with E-state index in [1.165, 1.54) is 44.8 Å². The number of nitrogens with one attached hydrogen (secondary N) is 1. The summed E-state index contributed by atoms with van der Waals surface area (Å²) < 4.78 is 22.8. The van der Waals surface area contributed by atoms with E-state index in [1.807, 2.05) is 0 Å². The van der Waals surface area contributed by atoms with Gasteiger partial charge >= 0.3 is 0 Å². The minimum atomic E-state index is -2.84. The number of hydrogen-bond acceptors (Lipinski definition) is 4. The van der Waals surface area contributed by atoms with E-state index in [9.17, 15) is 8.42 Å². The van der Waals surface area contributed by atoms with Gasteiger partial charge in [-0.05, 0) is 51.2 Å². The fourth-order valence-electron chi connectivity index (χ4n) is 3.52. The Morgan fingerprint density at radius 1 is 1.11 bits per heavy atom. The summed E-state index contributed by atoms with van der Waals surface area (Å²) in [6.07, 6.45) is 8.95. The molecule has 0 bridgehead atoms. The van der Waals surface area contributed by atoms with E-state index in [0.717, 1.165) is 32.1 Å². The van der Waals surface area contributed by atoms with E-state index in [4.69, 9.17) is 0 Å². The molecule has 19 heavy (non-hydrogen) atoms. The van der Waals surface area contributed by atoms with Crippen LogP contribution in [0.5, 0.6) is 0 Å². The van der Waals surface area contributed by atoms with Crippen molar-refractivity contribution in [3.63, 3.8) is 0 Å². The van der Waals surface area contributed by atoms with Crippen molar-refractivity contribution in [1.29, 1.82) is 0 Å². The lowest BCUT2D eigenvalue weighted by Crippen LogP contribution is -2.45. The molecule has 2 aliphatic rings. The van der Waals surface area contributed by atoms with E-state index >= 15 is 0 Å². The Hall–Kier alpha value is -0.130. The van der Waals surface area contributed by atoms with Crippen molar-refractivity contribution in [3.05, 3.63) is 0 Å². The lowest BCUT2D eigenvalue weighted by molar-refractivity contribution is 0.129. The molecule has 2 rings (SSSR count). The first-order valence-electron chi connectivity index (χ1n) is 7.69. The van der Waals surface area contributed by atoms with Crippen LogP contribution in [0.3, 0.4) is 0 Å². The van der Waals surface area contributed by atoms with Gasteiger partial charge in [-0.3, -0.25) is 4.90 Å². The van der Waals surface area contributed by atoms with Crippen molar-refractivity contribution in [3.8, 4) is 0 Å². The largest absolute Gasteiger partial charge is 0.317 e. The van der Waals surface area contributed by atoms with Gasteiger partial charge in [0.25, 0.3) is 0 Å². The molecular weight excluding hydrogens is 260 g/mol. The number of likely N-dealkylation sites (tertiary alicyclic amines) is 1. The second-order valence-corrected chi connectivity index (χ2v) is 8.43. The fourth-order valence-corrected chi connectivity index (χ4v) is 4.08. The monoisotopic (exact) mass is 288 g/mol. The Labute approximate surface area is 117 Å². The van der Waals surface area contributed by atoms with Gasteiger partial charge in [-0.25, -0.2) is 8.42 Å². The molecule has 0 aliphatic carbocycles. The summed E-state index contributed by atoms with van der Waals surface area (Å²) in [5.41, 5.74) is 0. The number of sulfone groups is 1. The van der Waals surface area contributed by atoms with Gasteiger partial charge in [-0.1, -0.05) is 12.8 Å². The summed E-state index contributed by atoms with van der Waals surface area (Å²) in [5.74, 6) is 1.08. The molecule has 5 heteroatoms. The van der Waals surface area contributed by atoms with Gasteiger partial charge in [0.2, 0.25) is 0 Å². The predicted octanol–water partition coefficient (Wildman–Crippen LogP) is 1.28. The van der Waals surface area contributed by atoms with Crippen LogP contribution < -0.4 is 5.32 Å². The van der Waals surface area contributed by atoms with E-state index in [0.29, 0.717) is 11.8 Å². The molecule has 112 valence electrons. The molecule has 0 aromatic carbocycles. The Balaban J connectivity index is 1.97. The van der Waals surface area contributed by atoms with Gasteiger partial charge in [-0.15, -0.1) is 0 Å². The third-order valence-corrected chi connectivity index (χ3v) is 5.52. The molecule has 0 spiro atoms. The van der Waals surface area contributed by atoms with Crippen molar-refractivity contribution in [2.45, 2.75) is 44.6 Å². The highest BCUT2D eigenvalue weighted by Crippen LogP contribution is 2.28. The highest BCUT2D eigenvalue weighted by Gasteiger charge is 2.29. The lowest BCUT2D eigenvalue weighted by Gasteiger charge is -2.38. The maximum absolute atomic E-state index is 11.4. The predicted molar refractivity (Wildman–Crippen MR) is 79.1 cm³/mol. The molecule has 2 heterocycles. The first-order valence-corrected chi connectivity index (χ1v) is 9.75. The Morgan fingerprint density at radius 3 is 2.53 bits per heavy atom. The fraction of sp³-hybridized carbons (Fsp3) is 1.00. The Bertz CT molecular complexity index is 364. The maximum Gasteiger partial charge on any atom is 0.148 e. The Morgan fingerprint density at radius 2 is 1.84 bits per heavy atom. The highest BCUT2D eigenvalue weighted by atomic mass is 32.2. The molecule has 2 fully saturated rings. The maximum atomic E-state index is 11.4. The molecule has 2 saturated heterocycles. The molecule has 1 unspecified atom stereocenters. The van der Waals surface area contributed by atoms with E-state index in [2.05, 4.69) is 10.2 Å². The zero-order valence-electron chi connectivity index (χ0n) is 12.1. The average Bonchev–Trinajstić information content (AvgIpc) is 2.62. The standard InChI is InChI=1S/C14H28N2O2S/c1-19(17,18)12-11-16-10-4-2-3-5-14(16)13-6-8-15-9-7-13/h13-15H,2-12H2,1H3. The first-order chi connectivity index (χ1) is 9.06. The van der Waals surface area contributed by atoms with Gasteiger partial charge in [0.15, 0.2) is 0 Å². The molecule has 0 radical (unpaired) electrons. The van der Waals surface area contributed by atoms with Crippen LogP contribution in [0.1, 0.15) is 38.5 Å². The van der Waals surface area contributed by atoms with E-state index in [-0.39, 0.29) is 0 Å². The highest BCUT2D eigenvalue weighted by molar-refractivity contribution is 7.90. The molecule has 0 aromatic rings. The van der Waals surface area contributed by atoms with Crippen LogP contribution in [-0.4, -0.2) is 57.5 Å². The van der Waals surface area contributed by atoms with Crippen LogP contribution in [0.2, 0.25) is 0 Å². The average molecular weight is 288 g/mol. The summed E-state index contributed by atoms with van der Waals surface area (Å²) in [5, 5.41) is 3.43. The second kappa shape index (κ2) is 7.04. The first kappa shape index (κ1) is 15.3. The van der Waals surface area contributed by atoms with Crippen molar-refractivity contribution < 1.29 is 8.42 Å². The molecule has 4 nitrogen and oxygen atoms in total. The molecule has 0 amide bonds. The normalized spacial score (nSPS) is 28.2. The summed E-state index contributed by atoms with van der Waals surface area (Å²) in [4.78, 5) is 2.48. The third-order valence-electron chi connectivity index (χ3n) is 4.59. The van der Waals surface area contributed by atoms with Gasteiger partial charge in [0.1, 0.15) is 9.84 Å². The molecule has 2 aliphatic heterocycles. The molecular formula is C14H28N2O2S. The zero-order chi connectivity index (χ0) is 13.7. The topological polar surface area (TPSA) is 49.4 Å². The Kier molecular flexibility index (Phi) is 5.66. The SMILES string of the molecule is CS(=O)(=O)CCN1CCCCCC1C1CCNCC1. The van der Waals surface area contributed by atoms with Crippen LogP contribution in [0.15, 0.2) is 0 Å². The third kappa shape index (κ3) is 5.04. The van der Waals surface area contributed by atoms with Gasteiger partial charge in [0.05, 0.1) is 5.75 Å². The molecule has 0 aromatic heterocycles. The van der Waals surface area contributed by atoms with Crippen molar-refractivity contribution in [1.82, 2.24) is 10.2 Å². The lowest BCUT2D eigenvalue weighted by atomic mass is 9.87. The van der Waals surface area contributed by atoms with Crippen LogP contribution in [0.25, 0.3) is 0 Å². The summed E-state index contributed by atoms with van der Waals surface area (Å²) >= 11 is 0. The zero-order valence-corrected chi connectivity index (χ0v) is 12.9. The number of nitrogens with zero attached hydrogens (tertiary/aromatic N) is 1. The number of hydrogen-bond donors (Lipinski definition) is 1. The molecule has 0 saturated carbocycles. The van der Waals surface area contributed by atoms with Gasteiger partial charge < -0.3 is 5.32 Å². The minimum Gasteiger partial charge on any atom is -0.317 e. The van der Waals surface area contributed by atoms with Crippen LogP contribution in [0.4, 0.5) is 0 Å². The second-order valence-electron chi connectivity index (χ2n) is 6.17. The molecule has 1 N–H and O–H groups in total. The van der Waals surface area contributed by atoms with Crippen LogP contribution in [-0.2, 0) is 9.84 Å². The molecule has 1 atom stereocenters. The summed E-state index contributed by atoms with van der Waals surface area (Å²) in [6.45, 7) is 4.07. The van der Waals surface area contributed by atoms with Crippen molar-refractivity contribution in [2.24, 2.45) is 5.92 Å². The smallest absolute Gasteiger partial charge is 0.148 e. The van der Waals surface area contributed by atoms with Gasteiger partial charge in [-0.2, -0.15) is 0 Å². The summed E-state index contributed by atoms with van der Waals surface area (Å²) in [7, 11) is -2.84. The number of rotatable bonds is 4. The van der Waals surface area contributed by atoms with Crippen LogP contribution >= 0.6 is 0 Å². The minimum absolute atomic E-state index is 0.314. The van der Waals surface area contributed by atoms with E-state index in [1.54, 1.807) is 0 Å². The van der Waals surface area contributed by atoms with Crippen LogP contribution in [0, 0.1) is 5.92 Å². The number of piperidine rings is 1. The van der Waals surface area contributed by atoms with Crippen molar-refractivity contribution in [2.75, 3.05) is 38.2 Å². The summed E-state index contributed by atoms with van der Waals surface area (Å²) in [6, 6.07) is 0.617. The quantitative estimate of drug-likeness (QED) is 0.846. The van der Waals surface area contributed by atoms with Gasteiger partial charge in [0, 0.05) is 18.8 Å². The van der Waals surface area contributed by atoms with Crippen molar-refractivity contribution >= 4 is 9.84 Å². The van der Waals surface area contributed by atoms with E-state index < -0.39 is 9.84 Å².